The monoisotopic (exact) mass is 400 g/mol. The van der Waals surface area contributed by atoms with E-state index in [1.165, 1.54) is 24.3 Å². The lowest BCUT2D eigenvalue weighted by Crippen LogP contribution is -2.52. The maximum atomic E-state index is 14.0. The molecule has 1 N–H and O–H groups in total. The normalized spacial score (nSPS) is 41.1. The Bertz CT molecular complexity index is 795. The molecule has 154 valence electrons. The molecular formula is C20H23F3O5. The number of hydrogen-bond acceptors (Lipinski definition) is 5. The summed E-state index contributed by atoms with van der Waals surface area (Å²) >= 11 is 0. The number of carbonyl (C=O) groups is 1. The second kappa shape index (κ2) is 5.70. The van der Waals surface area contributed by atoms with Gasteiger partial charge in [0.2, 0.25) is 0 Å². The minimum atomic E-state index is -5.01. The lowest BCUT2D eigenvalue weighted by Gasteiger charge is -2.34. The van der Waals surface area contributed by atoms with Gasteiger partial charge in [-0.05, 0) is 20.3 Å². The molecule has 1 aliphatic heterocycles. The van der Waals surface area contributed by atoms with Crippen molar-refractivity contribution in [3.63, 3.8) is 0 Å². The lowest BCUT2D eigenvalue weighted by atomic mass is 9.77. The van der Waals surface area contributed by atoms with E-state index in [9.17, 15) is 23.1 Å². The van der Waals surface area contributed by atoms with E-state index in [1.807, 2.05) is 6.92 Å². The molecule has 0 amide bonds. The molecular weight excluding hydrogens is 377 g/mol. The van der Waals surface area contributed by atoms with Gasteiger partial charge in [0.15, 0.2) is 0 Å². The number of rotatable bonds is 4. The summed E-state index contributed by atoms with van der Waals surface area (Å²) < 4.78 is 58.1. The molecule has 0 radical (unpaired) electrons. The van der Waals surface area contributed by atoms with E-state index in [2.05, 4.69) is 0 Å². The number of aliphatic hydroxyl groups is 1. The van der Waals surface area contributed by atoms with Crippen LogP contribution in [-0.2, 0) is 24.6 Å². The van der Waals surface area contributed by atoms with Gasteiger partial charge >= 0.3 is 12.1 Å². The van der Waals surface area contributed by atoms with E-state index in [-0.39, 0.29) is 24.5 Å². The van der Waals surface area contributed by atoms with E-state index >= 15 is 0 Å². The maximum absolute atomic E-state index is 14.0. The SMILES string of the molecule is CO[C@@](C(=O)O[C@@H]1C[C@]2(C)OC[C@](C)(O)[C@@]23C[C@@H]13)(c1ccccc1)C(F)(F)F. The van der Waals surface area contributed by atoms with Gasteiger partial charge < -0.3 is 19.3 Å². The Kier molecular flexibility index (Phi) is 4.01. The van der Waals surface area contributed by atoms with E-state index in [0.29, 0.717) is 6.42 Å². The van der Waals surface area contributed by atoms with Crippen molar-refractivity contribution >= 4 is 5.97 Å². The fourth-order valence-corrected chi connectivity index (χ4v) is 5.59. The first kappa shape index (κ1) is 19.7. The fraction of sp³-hybridized carbons (Fsp3) is 0.650. The standard InChI is InChI=1S/C20H23F3O5/c1-16(25)11-27-17(2)10-14(13-9-18(13,16)17)28-15(24)19(26-3,20(21,22)23)12-7-5-4-6-8-12/h4-8,13-14,25H,9-11H2,1-3H3/t13-,14+,16-,17-,18-,19+/m0/s1. The minimum Gasteiger partial charge on any atom is -0.459 e. The summed E-state index contributed by atoms with van der Waals surface area (Å²) in [7, 11) is 0.846. The van der Waals surface area contributed by atoms with Crippen LogP contribution in [0.3, 0.4) is 0 Å². The number of hydrogen-bond donors (Lipinski definition) is 1. The van der Waals surface area contributed by atoms with Crippen molar-refractivity contribution in [2.45, 2.75) is 55.8 Å². The van der Waals surface area contributed by atoms with Crippen LogP contribution in [0, 0.1) is 11.3 Å². The average molecular weight is 400 g/mol. The quantitative estimate of drug-likeness (QED) is 0.788. The second-order valence-corrected chi connectivity index (χ2v) is 8.47. The molecule has 0 aromatic heterocycles. The molecule has 1 aromatic rings. The van der Waals surface area contributed by atoms with E-state index in [1.54, 1.807) is 13.0 Å². The number of ether oxygens (including phenoxy) is 3. The van der Waals surface area contributed by atoms with Gasteiger partial charge in [-0.15, -0.1) is 0 Å². The molecule has 5 nitrogen and oxygen atoms in total. The molecule has 6 atom stereocenters. The molecule has 1 spiro atoms. The molecule has 2 saturated carbocycles. The van der Waals surface area contributed by atoms with Crippen molar-refractivity contribution in [3.8, 4) is 0 Å². The van der Waals surface area contributed by atoms with Crippen LogP contribution in [0.4, 0.5) is 13.2 Å². The summed E-state index contributed by atoms with van der Waals surface area (Å²) in [6, 6.07) is 6.75. The number of benzene rings is 1. The molecule has 8 heteroatoms. The van der Waals surface area contributed by atoms with Crippen molar-refractivity contribution in [1.82, 2.24) is 0 Å². The minimum absolute atomic E-state index is 0.162. The van der Waals surface area contributed by atoms with Crippen molar-refractivity contribution in [3.05, 3.63) is 35.9 Å². The molecule has 1 heterocycles. The number of alkyl halides is 3. The van der Waals surface area contributed by atoms with Gasteiger partial charge in [0.25, 0.3) is 5.60 Å². The Morgan fingerprint density at radius 1 is 1.21 bits per heavy atom. The maximum Gasteiger partial charge on any atom is 0.432 e. The van der Waals surface area contributed by atoms with Gasteiger partial charge in [0.05, 0.1) is 17.8 Å². The number of carbonyl (C=O) groups excluding carboxylic acids is 1. The zero-order chi connectivity index (χ0) is 20.6. The first-order valence-corrected chi connectivity index (χ1v) is 9.20. The predicted octanol–water partition coefficient (Wildman–Crippen LogP) is 2.95. The first-order valence-electron chi connectivity index (χ1n) is 9.20. The largest absolute Gasteiger partial charge is 0.459 e. The Labute approximate surface area is 160 Å². The predicted molar refractivity (Wildman–Crippen MR) is 91.2 cm³/mol. The summed E-state index contributed by atoms with van der Waals surface area (Å²) in [5.41, 5.74) is -5.97. The molecule has 4 rings (SSSR count). The highest BCUT2D eigenvalue weighted by Crippen LogP contribution is 2.77. The highest BCUT2D eigenvalue weighted by atomic mass is 19.4. The van der Waals surface area contributed by atoms with Crippen LogP contribution in [0.25, 0.3) is 0 Å². The second-order valence-electron chi connectivity index (χ2n) is 8.47. The summed E-state index contributed by atoms with van der Waals surface area (Å²) in [6.45, 7) is 3.66. The molecule has 28 heavy (non-hydrogen) atoms. The molecule has 1 aromatic carbocycles. The van der Waals surface area contributed by atoms with Crippen LogP contribution in [0.5, 0.6) is 0 Å². The van der Waals surface area contributed by atoms with E-state index < -0.39 is 40.5 Å². The third-order valence-electron chi connectivity index (χ3n) is 7.06. The highest BCUT2D eigenvalue weighted by molar-refractivity contribution is 5.83. The van der Waals surface area contributed by atoms with Crippen molar-refractivity contribution < 1.29 is 37.3 Å². The Morgan fingerprint density at radius 3 is 2.39 bits per heavy atom. The van der Waals surface area contributed by atoms with Crippen LogP contribution in [0.2, 0.25) is 0 Å². The Hall–Kier alpha value is -1.64. The lowest BCUT2D eigenvalue weighted by molar-refractivity contribution is -0.278. The Morgan fingerprint density at radius 2 is 1.86 bits per heavy atom. The van der Waals surface area contributed by atoms with Crippen LogP contribution >= 0.6 is 0 Å². The smallest absolute Gasteiger partial charge is 0.432 e. The molecule has 0 bridgehead atoms. The Balaban J connectivity index is 1.64. The topological polar surface area (TPSA) is 65.0 Å². The van der Waals surface area contributed by atoms with E-state index in [4.69, 9.17) is 14.2 Å². The van der Waals surface area contributed by atoms with Gasteiger partial charge in [-0.25, -0.2) is 4.79 Å². The van der Waals surface area contributed by atoms with Gasteiger partial charge in [-0.1, -0.05) is 30.3 Å². The molecule has 3 aliphatic rings. The van der Waals surface area contributed by atoms with Gasteiger partial charge in [0, 0.05) is 30.4 Å². The first-order chi connectivity index (χ1) is 13.0. The zero-order valence-corrected chi connectivity index (χ0v) is 15.9. The van der Waals surface area contributed by atoms with Crippen LogP contribution in [-0.4, -0.2) is 48.3 Å². The van der Waals surface area contributed by atoms with Crippen LogP contribution in [0.1, 0.15) is 32.3 Å². The van der Waals surface area contributed by atoms with Crippen molar-refractivity contribution in [2.75, 3.05) is 13.7 Å². The average Bonchev–Trinajstić information content (AvgIpc) is 3.29. The van der Waals surface area contributed by atoms with Crippen LogP contribution in [0.15, 0.2) is 30.3 Å². The number of esters is 1. The summed E-state index contributed by atoms with van der Waals surface area (Å²) in [6.07, 6.45) is -5.00. The third kappa shape index (κ3) is 2.22. The molecule has 2 aliphatic carbocycles. The van der Waals surface area contributed by atoms with Gasteiger partial charge in [-0.2, -0.15) is 13.2 Å². The summed E-state index contributed by atoms with van der Waals surface area (Å²) in [5, 5.41) is 10.7. The van der Waals surface area contributed by atoms with Crippen LogP contribution < -0.4 is 0 Å². The molecule has 3 fully saturated rings. The van der Waals surface area contributed by atoms with Gasteiger partial charge in [0.1, 0.15) is 6.10 Å². The van der Waals surface area contributed by atoms with E-state index in [0.717, 1.165) is 7.11 Å². The number of halogens is 3. The summed E-state index contributed by atoms with van der Waals surface area (Å²) in [5.74, 6) is -1.73. The highest BCUT2D eigenvalue weighted by Gasteiger charge is 2.83. The number of methoxy groups -OCH3 is 1. The van der Waals surface area contributed by atoms with Crippen molar-refractivity contribution in [1.29, 1.82) is 0 Å². The third-order valence-corrected chi connectivity index (χ3v) is 7.06. The molecule has 0 unspecified atom stereocenters. The molecule has 1 saturated heterocycles. The van der Waals surface area contributed by atoms with Gasteiger partial charge in [-0.3, -0.25) is 0 Å². The zero-order valence-electron chi connectivity index (χ0n) is 15.9. The fourth-order valence-electron chi connectivity index (χ4n) is 5.59. The summed E-state index contributed by atoms with van der Waals surface area (Å²) in [4.78, 5) is 12.9. The van der Waals surface area contributed by atoms with Crippen molar-refractivity contribution in [2.24, 2.45) is 11.3 Å².